The first kappa shape index (κ1) is 18.2. The molecule has 0 atom stereocenters. The maximum atomic E-state index is 4.61. The third-order valence-electron chi connectivity index (χ3n) is 4.84. The normalized spacial score (nSPS) is 11.2. The Bertz CT molecular complexity index is 1050. The molecule has 27 heavy (non-hydrogen) atoms. The van der Waals surface area contributed by atoms with Crippen molar-refractivity contribution in [3.8, 4) is 11.1 Å². The summed E-state index contributed by atoms with van der Waals surface area (Å²) in [5.41, 5.74) is 6.55. The van der Waals surface area contributed by atoms with Crippen LogP contribution in [0.3, 0.4) is 0 Å². The lowest BCUT2D eigenvalue weighted by atomic mass is 10.0. The molecular formula is C23H22N2S2. The summed E-state index contributed by atoms with van der Waals surface area (Å²) < 4.78 is 0. The highest BCUT2D eigenvalue weighted by atomic mass is 32.2. The largest absolute Gasteiger partial charge is 0.229 e. The highest BCUT2D eigenvalue weighted by Gasteiger charge is 2.14. The lowest BCUT2D eigenvalue weighted by Gasteiger charge is -2.07. The minimum absolute atomic E-state index is 1.06. The molecule has 0 unspecified atom stereocenters. The molecule has 2 heterocycles. The van der Waals surface area contributed by atoms with Crippen LogP contribution >= 0.6 is 23.1 Å². The molecule has 4 rings (SSSR count). The van der Waals surface area contributed by atoms with E-state index in [-0.39, 0.29) is 0 Å². The molecule has 2 aromatic carbocycles. The Labute approximate surface area is 168 Å². The SMILES string of the molecule is Cc1ccc(-c2csc3ncnc(SCCCc4ccccc4)c23)cc1C. The Morgan fingerprint density at radius 2 is 1.81 bits per heavy atom. The molecule has 136 valence electrons. The third-order valence-corrected chi connectivity index (χ3v) is 6.81. The van der Waals surface area contributed by atoms with E-state index in [2.05, 4.69) is 77.7 Å². The van der Waals surface area contributed by atoms with Gasteiger partial charge < -0.3 is 0 Å². The molecule has 0 radical (unpaired) electrons. The smallest absolute Gasteiger partial charge is 0.128 e. The van der Waals surface area contributed by atoms with E-state index in [0.29, 0.717) is 0 Å². The molecule has 0 aliphatic carbocycles. The van der Waals surface area contributed by atoms with Crippen molar-refractivity contribution in [2.75, 3.05) is 5.75 Å². The van der Waals surface area contributed by atoms with Crippen LogP contribution in [0.15, 0.2) is 65.3 Å². The maximum absolute atomic E-state index is 4.61. The van der Waals surface area contributed by atoms with Crippen molar-refractivity contribution in [3.63, 3.8) is 0 Å². The Balaban J connectivity index is 1.56. The Hall–Kier alpha value is -2.17. The van der Waals surface area contributed by atoms with E-state index in [4.69, 9.17) is 0 Å². The quantitative estimate of drug-likeness (QED) is 0.208. The average molecular weight is 391 g/mol. The number of thioether (sulfide) groups is 1. The molecular weight excluding hydrogens is 368 g/mol. The van der Waals surface area contributed by atoms with Gasteiger partial charge in [-0.1, -0.05) is 48.5 Å². The number of aromatic nitrogens is 2. The zero-order valence-corrected chi connectivity index (χ0v) is 17.2. The van der Waals surface area contributed by atoms with Gasteiger partial charge in [-0.25, -0.2) is 9.97 Å². The predicted octanol–water partition coefficient (Wildman–Crippen LogP) is 6.70. The average Bonchev–Trinajstić information content (AvgIpc) is 3.13. The minimum Gasteiger partial charge on any atom is -0.229 e. The molecule has 4 aromatic rings. The predicted molar refractivity (Wildman–Crippen MR) is 118 cm³/mol. The number of hydrogen-bond donors (Lipinski definition) is 0. The second-order valence-electron chi connectivity index (χ2n) is 6.75. The van der Waals surface area contributed by atoms with Crippen LogP contribution in [0, 0.1) is 13.8 Å². The van der Waals surface area contributed by atoms with Crippen LogP contribution in [0.5, 0.6) is 0 Å². The number of fused-ring (bicyclic) bond motifs is 1. The van der Waals surface area contributed by atoms with E-state index in [9.17, 15) is 0 Å². The summed E-state index contributed by atoms with van der Waals surface area (Å²) in [6, 6.07) is 17.4. The van der Waals surface area contributed by atoms with E-state index in [1.54, 1.807) is 17.7 Å². The van der Waals surface area contributed by atoms with Gasteiger partial charge in [-0.2, -0.15) is 0 Å². The molecule has 2 nitrogen and oxygen atoms in total. The second kappa shape index (κ2) is 8.24. The number of rotatable bonds is 6. The molecule has 0 aliphatic rings. The van der Waals surface area contributed by atoms with Crippen molar-refractivity contribution in [1.29, 1.82) is 0 Å². The van der Waals surface area contributed by atoms with E-state index < -0.39 is 0 Å². The van der Waals surface area contributed by atoms with Gasteiger partial charge in [0.15, 0.2) is 0 Å². The van der Waals surface area contributed by atoms with Gasteiger partial charge in [-0.05, 0) is 54.7 Å². The van der Waals surface area contributed by atoms with Crippen molar-refractivity contribution in [1.82, 2.24) is 9.97 Å². The molecule has 2 aromatic heterocycles. The number of benzene rings is 2. The van der Waals surface area contributed by atoms with Gasteiger partial charge in [0.1, 0.15) is 16.2 Å². The Morgan fingerprint density at radius 3 is 2.63 bits per heavy atom. The molecule has 0 spiro atoms. The Kier molecular flexibility index (Phi) is 5.55. The van der Waals surface area contributed by atoms with Gasteiger partial charge in [0.25, 0.3) is 0 Å². The number of thiophene rings is 1. The zero-order valence-electron chi connectivity index (χ0n) is 15.6. The van der Waals surface area contributed by atoms with Crippen LogP contribution in [0.1, 0.15) is 23.1 Å². The van der Waals surface area contributed by atoms with E-state index in [1.807, 2.05) is 11.8 Å². The van der Waals surface area contributed by atoms with Crippen LogP contribution in [-0.2, 0) is 6.42 Å². The van der Waals surface area contributed by atoms with E-state index in [0.717, 1.165) is 28.5 Å². The van der Waals surface area contributed by atoms with Gasteiger partial charge >= 0.3 is 0 Å². The minimum atomic E-state index is 1.06. The lowest BCUT2D eigenvalue weighted by Crippen LogP contribution is -1.91. The summed E-state index contributed by atoms with van der Waals surface area (Å²) >= 11 is 3.55. The van der Waals surface area contributed by atoms with Gasteiger partial charge in [0.05, 0.1) is 5.39 Å². The van der Waals surface area contributed by atoms with Gasteiger partial charge in [-0.3, -0.25) is 0 Å². The molecule has 0 bridgehead atoms. The van der Waals surface area contributed by atoms with Gasteiger partial charge in [0, 0.05) is 10.9 Å². The van der Waals surface area contributed by atoms with E-state index in [1.165, 1.54) is 33.2 Å². The lowest BCUT2D eigenvalue weighted by molar-refractivity contribution is 0.931. The molecule has 0 aliphatic heterocycles. The second-order valence-corrected chi connectivity index (χ2v) is 8.69. The monoisotopic (exact) mass is 390 g/mol. The number of nitrogens with zero attached hydrogens (tertiary/aromatic N) is 2. The van der Waals surface area contributed by atoms with Crippen LogP contribution in [0.4, 0.5) is 0 Å². The molecule has 0 saturated heterocycles. The first-order valence-corrected chi connectivity index (χ1v) is 11.1. The molecule has 0 saturated carbocycles. The van der Waals surface area contributed by atoms with E-state index >= 15 is 0 Å². The highest BCUT2D eigenvalue weighted by molar-refractivity contribution is 7.99. The number of hydrogen-bond acceptors (Lipinski definition) is 4. The van der Waals surface area contributed by atoms with Crippen molar-refractivity contribution in [2.24, 2.45) is 0 Å². The molecule has 4 heteroatoms. The first-order valence-electron chi connectivity index (χ1n) is 9.19. The first-order chi connectivity index (χ1) is 13.2. The summed E-state index contributed by atoms with van der Waals surface area (Å²) in [5, 5.41) is 4.52. The highest BCUT2D eigenvalue weighted by Crippen LogP contribution is 2.38. The molecule has 0 amide bonds. The summed E-state index contributed by atoms with van der Waals surface area (Å²) in [7, 11) is 0. The summed E-state index contributed by atoms with van der Waals surface area (Å²) in [5.74, 6) is 1.06. The maximum Gasteiger partial charge on any atom is 0.128 e. The van der Waals surface area contributed by atoms with Crippen molar-refractivity contribution in [3.05, 3.63) is 76.9 Å². The third kappa shape index (κ3) is 4.07. The summed E-state index contributed by atoms with van der Waals surface area (Å²) in [6.45, 7) is 4.32. The van der Waals surface area contributed by atoms with Crippen molar-refractivity contribution >= 4 is 33.3 Å². The Morgan fingerprint density at radius 1 is 0.963 bits per heavy atom. The fourth-order valence-electron chi connectivity index (χ4n) is 3.17. The summed E-state index contributed by atoms with van der Waals surface area (Å²) in [6.07, 6.45) is 3.95. The fourth-order valence-corrected chi connectivity index (χ4v) is 5.10. The number of aryl methyl sites for hydroxylation is 3. The van der Waals surface area contributed by atoms with Crippen LogP contribution in [0.2, 0.25) is 0 Å². The van der Waals surface area contributed by atoms with Crippen LogP contribution < -0.4 is 0 Å². The van der Waals surface area contributed by atoms with Gasteiger partial charge in [0.2, 0.25) is 0 Å². The van der Waals surface area contributed by atoms with Crippen LogP contribution in [0.25, 0.3) is 21.3 Å². The molecule has 0 N–H and O–H groups in total. The summed E-state index contributed by atoms with van der Waals surface area (Å²) in [4.78, 5) is 10.2. The van der Waals surface area contributed by atoms with Crippen molar-refractivity contribution < 1.29 is 0 Å². The topological polar surface area (TPSA) is 25.8 Å². The van der Waals surface area contributed by atoms with Crippen molar-refractivity contribution in [2.45, 2.75) is 31.7 Å². The molecule has 0 fully saturated rings. The van der Waals surface area contributed by atoms with Crippen LogP contribution in [-0.4, -0.2) is 15.7 Å². The van der Waals surface area contributed by atoms with Gasteiger partial charge in [-0.15, -0.1) is 23.1 Å². The zero-order chi connectivity index (χ0) is 18.6. The fraction of sp³-hybridized carbons (Fsp3) is 0.217. The standard InChI is InChI=1S/C23H22N2S2/c1-16-10-11-19(13-17(16)2)20-14-27-23-21(20)22(24-15-25-23)26-12-6-9-18-7-4-3-5-8-18/h3-5,7-8,10-11,13-15H,6,9,12H2,1-2H3.